The average Bonchev–Trinajstić information content (AvgIpc) is 3.06. The van der Waals surface area contributed by atoms with Crippen LogP contribution in [0.4, 0.5) is 0 Å². The highest BCUT2D eigenvalue weighted by atomic mass is 32.1. The highest BCUT2D eigenvalue weighted by molar-refractivity contribution is 7.11. The molecule has 1 amide bonds. The van der Waals surface area contributed by atoms with Gasteiger partial charge in [-0.2, -0.15) is 0 Å². The number of rotatable bonds is 2. The molecule has 2 saturated heterocycles. The van der Waals surface area contributed by atoms with Gasteiger partial charge in [0.15, 0.2) is 0 Å². The Bertz CT molecular complexity index is 564. The van der Waals surface area contributed by atoms with Crippen molar-refractivity contribution in [3.05, 3.63) is 16.1 Å². The molecule has 2 N–H and O–H groups in total. The molecule has 1 spiro atoms. The van der Waals surface area contributed by atoms with Crippen molar-refractivity contribution in [3.8, 4) is 0 Å². The first-order valence-corrected chi connectivity index (χ1v) is 8.04. The lowest BCUT2D eigenvalue weighted by Crippen LogP contribution is -2.44. The lowest BCUT2D eigenvalue weighted by Gasteiger charge is -2.38. The summed E-state index contributed by atoms with van der Waals surface area (Å²) in [5.41, 5.74) is 2.54. The maximum absolute atomic E-state index is 12.4. The van der Waals surface area contributed by atoms with E-state index in [9.17, 15) is 9.59 Å². The van der Waals surface area contributed by atoms with Crippen LogP contribution in [-0.2, 0) is 4.79 Å². The second-order valence-electron chi connectivity index (χ2n) is 6.03. The van der Waals surface area contributed by atoms with E-state index in [1.54, 1.807) is 5.51 Å². The SMILES string of the molecule is Cc1ncsc1C(=O)N1CCC2(CC1)CNC(C(=O)O)C2. The van der Waals surface area contributed by atoms with Crippen molar-refractivity contribution < 1.29 is 14.7 Å². The number of thiazole rings is 1. The molecule has 114 valence electrons. The standard InChI is InChI=1S/C14H19N3O3S/c1-9-11(21-8-16-9)12(18)17-4-2-14(3-5-17)6-10(13(19)20)15-7-14/h8,10,15H,2-7H2,1H3,(H,19,20). The summed E-state index contributed by atoms with van der Waals surface area (Å²) in [5, 5.41) is 12.2. The summed E-state index contributed by atoms with van der Waals surface area (Å²) in [6, 6.07) is -0.434. The van der Waals surface area contributed by atoms with Crippen LogP contribution >= 0.6 is 11.3 Å². The van der Waals surface area contributed by atoms with Gasteiger partial charge in [0.2, 0.25) is 0 Å². The Labute approximate surface area is 127 Å². The smallest absolute Gasteiger partial charge is 0.320 e. The van der Waals surface area contributed by atoms with Gasteiger partial charge in [0, 0.05) is 19.6 Å². The first-order chi connectivity index (χ1) is 10.0. The molecule has 1 atom stereocenters. The van der Waals surface area contributed by atoms with Crippen molar-refractivity contribution >= 4 is 23.2 Å². The molecule has 3 heterocycles. The van der Waals surface area contributed by atoms with Crippen LogP contribution in [0.25, 0.3) is 0 Å². The van der Waals surface area contributed by atoms with Crippen molar-refractivity contribution in [2.24, 2.45) is 5.41 Å². The molecule has 3 rings (SSSR count). The summed E-state index contributed by atoms with van der Waals surface area (Å²) in [4.78, 5) is 30.2. The van der Waals surface area contributed by atoms with Crippen molar-refractivity contribution in [3.63, 3.8) is 0 Å². The van der Waals surface area contributed by atoms with Crippen LogP contribution in [-0.4, -0.2) is 52.5 Å². The quantitative estimate of drug-likeness (QED) is 0.855. The first kappa shape index (κ1) is 14.5. The molecule has 0 aliphatic carbocycles. The second kappa shape index (κ2) is 5.38. The van der Waals surface area contributed by atoms with Crippen LogP contribution in [0, 0.1) is 12.3 Å². The number of carboxylic acid groups (broad SMARTS) is 1. The number of amides is 1. The number of carboxylic acids is 1. The molecule has 0 bridgehead atoms. The predicted octanol–water partition coefficient (Wildman–Crippen LogP) is 1.12. The summed E-state index contributed by atoms with van der Waals surface area (Å²) in [6.07, 6.45) is 2.41. The summed E-state index contributed by atoms with van der Waals surface area (Å²) < 4.78 is 0. The zero-order valence-electron chi connectivity index (χ0n) is 12.0. The third-order valence-corrected chi connectivity index (χ3v) is 5.63. The minimum absolute atomic E-state index is 0.0442. The van der Waals surface area contributed by atoms with E-state index in [0.29, 0.717) is 19.5 Å². The molecular weight excluding hydrogens is 290 g/mol. The predicted molar refractivity (Wildman–Crippen MR) is 78.5 cm³/mol. The van der Waals surface area contributed by atoms with E-state index in [1.165, 1.54) is 11.3 Å². The van der Waals surface area contributed by atoms with E-state index < -0.39 is 12.0 Å². The summed E-state index contributed by atoms with van der Waals surface area (Å²) >= 11 is 1.39. The second-order valence-corrected chi connectivity index (χ2v) is 6.89. The van der Waals surface area contributed by atoms with Crippen molar-refractivity contribution in [1.82, 2.24) is 15.2 Å². The van der Waals surface area contributed by atoms with E-state index in [4.69, 9.17) is 5.11 Å². The van der Waals surface area contributed by atoms with Gasteiger partial charge < -0.3 is 15.3 Å². The van der Waals surface area contributed by atoms with E-state index in [0.717, 1.165) is 30.0 Å². The van der Waals surface area contributed by atoms with Gasteiger partial charge in [0.25, 0.3) is 5.91 Å². The molecule has 0 aromatic carbocycles. The molecule has 0 saturated carbocycles. The maximum atomic E-state index is 12.4. The van der Waals surface area contributed by atoms with Crippen molar-refractivity contribution in [2.45, 2.75) is 32.2 Å². The lowest BCUT2D eigenvalue weighted by atomic mass is 9.76. The number of hydrogen-bond acceptors (Lipinski definition) is 5. The third kappa shape index (κ3) is 2.67. The molecule has 2 fully saturated rings. The number of nitrogens with one attached hydrogen (secondary N) is 1. The maximum Gasteiger partial charge on any atom is 0.320 e. The highest BCUT2D eigenvalue weighted by Crippen LogP contribution is 2.39. The third-order valence-electron chi connectivity index (χ3n) is 4.71. The zero-order chi connectivity index (χ0) is 15.0. The number of likely N-dealkylation sites (tertiary alicyclic amines) is 1. The lowest BCUT2D eigenvalue weighted by molar-refractivity contribution is -0.139. The van der Waals surface area contributed by atoms with Gasteiger partial charge in [-0.1, -0.05) is 0 Å². The number of carbonyl (C=O) groups excluding carboxylic acids is 1. The van der Waals surface area contributed by atoms with Crippen LogP contribution in [0.3, 0.4) is 0 Å². The topological polar surface area (TPSA) is 82.5 Å². The number of aromatic nitrogens is 1. The minimum Gasteiger partial charge on any atom is -0.480 e. The summed E-state index contributed by atoms with van der Waals surface area (Å²) in [7, 11) is 0. The molecule has 2 aliphatic rings. The van der Waals surface area contributed by atoms with Crippen LogP contribution in [0.1, 0.15) is 34.6 Å². The minimum atomic E-state index is -0.773. The number of aliphatic carboxylic acids is 1. The number of carbonyl (C=O) groups is 2. The molecule has 1 aromatic rings. The monoisotopic (exact) mass is 309 g/mol. The molecule has 0 radical (unpaired) electrons. The van der Waals surface area contributed by atoms with Gasteiger partial charge >= 0.3 is 5.97 Å². The van der Waals surface area contributed by atoms with E-state index in [-0.39, 0.29) is 11.3 Å². The molecular formula is C14H19N3O3S. The zero-order valence-corrected chi connectivity index (χ0v) is 12.8. The molecule has 1 aromatic heterocycles. The fourth-order valence-corrected chi connectivity index (χ4v) is 4.08. The molecule has 2 aliphatic heterocycles. The fourth-order valence-electron chi connectivity index (χ4n) is 3.31. The van der Waals surface area contributed by atoms with Gasteiger partial charge in [0.1, 0.15) is 10.9 Å². The summed E-state index contributed by atoms with van der Waals surface area (Å²) in [6.45, 7) is 3.99. The fraction of sp³-hybridized carbons (Fsp3) is 0.643. The Balaban J connectivity index is 1.62. The van der Waals surface area contributed by atoms with Gasteiger partial charge in [-0.05, 0) is 31.6 Å². The molecule has 21 heavy (non-hydrogen) atoms. The Morgan fingerprint density at radius 1 is 1.48 bits per heavy atom. The number of nitrogens with zero attached hydrogens (tertiary/aromatic N) is 2. The molecule has 7 heteroatoms. The number of hydrogen-bond donors (Lipinski definition) is 2. The Morgan fingerprint density at radius 3 is 2.71 bits per heavy atom. The van der Waals surface area contributed by atoms with Crippen molar-refractivity contribution in [1.29, 1.82) is 0 Å². The first-order valence-electron chi connectivity index (χ1n) is 7.16. The van der Waals surface area contributed by atoms with Gasteiger partial charge in [-0.3, -0.25) is 9.59 Å². The Kier molecular flexibility index (Phi) is 3.71. The highest BCUT2D eigenvalue weighted by Gasteiger charge is 2.44. The van der Waals surface area contributed by atoms with E-state index in [1.807, 2.05) is 11.8 Å². The van der Waals surface area contributed by atoms with Crippen LogP contribution in [0.15, 0.2) is 5.51 Å². The number of piperidine rings is 1. The Hall–Kier alpha value is -1.47. The van der Waals surface area contributed by atoms with E-state index in [2.05, 4.69) is 10.3 Å². The van der Waals surface area contributed by atoms with Crippen LogP contribution in [0.5, 0.6) is 0 Å². The average molecular weight is 309 g/mol. The largest absolute Gasteiger partial charge is 0.480 e. The van der Waals surface area contributed by atoms with E-state index >= 15 is 0 Å². The van der Waals surface area contributed by atoms with Crippen LogP contribution in [0.2, 0.25) is 0 Å². The van der Waals surface area contributed by atoms with Crippen molar-refractivity contribution in [2.75, 3.05) is 19.6 Å². The Morgan fingerprint density at radius 2 is 2.19 bits per heavy atom. The summed E-state index contributed by atoms with van der Waals surface area (Å²) in [5.74, 6) is -0.712. The molecule has 6 nitrogen and oxygen atoms in total. The van der Waals surface area contributed by atoms with Gasteiger partial charge in [0.05, 0.1) is 11.2 Å². The molecule has 1 unspecified atom stereocenters. The number of aryl methyl sites for hydroxylation is 1. The van der Waals surface area contributed by atoms with Gasteiger partial charge in [-0.25, -0.2) is 4.98 Å². The normalized spacial score (nSPS) is 24.4. The van der Waals surface area contributed by atoms with Crippen LogP contribution < -0.4 is 5.32 Å². The van der Waals surface area contributed by atoms with Gasteiger partial charge in [-0.15, -0.1) is 11.3 Å².